The van der Waals surface area contributed by atoms with Crippen molar-refractivity contribution in [2.24, 2.45) is 0 Å². The van der Waals surface area contributed by atoms with E-state index in [9.17, 15) is 18.0 Å². The van der Waals surface area contributed by atoms with Crippen molar-refractivity contribution in [2.75, 3.05) is 5.32 Å². The van der Waals surface area contributed by atoms with Crippen LogP contribution in [0, 0.1) is 6.92 Å². The minimum absolute atomic E-state index is 0.000514. The van der Waals surface area contributed by atoms with E-state index >= 15 is 0 Å². The average Bonchev–Trinajstić information content (AvgIpc) is 3.23. The van der Waals surface area contributed by atoms with Gasteiger partial charge in [-0.1, -0.05) is 11.6 Å². The molecule has 0 aliphatic carbocycles. The van der Waals surface area contributed by atoms with Crippen LogP contribution < -0.4 is 10.6 Å². The molecule has 0 saturated carbocycles. The number of rotatable bonds is 5. The van der Waals surface area contributed by atoms with E-state index in [0.29, 0.717) is 12.2 Å². The molecule has 1 aromatic carbocycles. The summed E-state index contributed by atoms with van der Waals surface area (Å²) in [6, 6.07) is 3.59. The number of nitrogens with zero attached hydrogens (tertiary/aromatic N) is 5. The molecule has 2 amide bonds. The van der Waals surface area contributed by atoms with Crippen molar-refractivity contribution in [1.29, 1.82) is 0 Å². The molecule has 2 N–H and O–H groups in total. The van der Waals surface area contributed by atoms with Crippen molar-refractivity contribution >= 4 is 23.4 Å². The molecule has 2 aromatic heterocycles. The molecule has 0 unspecified atom stereocenters. The van der Waals surface area contributed by atoms with Gasteiger partial charge in [0.2, 0.25) is 0 Å². The van der Waals surface area contributed by atoms with Gasteiger partial charge in [0.05, 0.1) is 28.5 Å². The topological polar surface area (TPSA) is 89.7 Å². The van der Waals surface area contributed by atoms with Gasteiger partial charge in [0.25, 0.3) is 0 Å². The number of urea groups is 1. The van der Waals surface area contributed by atoms with Gasteiger partial charge in [0, 0.05) is 12.1 Å². The number of carbonyl (C=O) groups excluding carboxylic acids is 1. The lowest BCUT2D eigenvalue weighted by Crippen LogP contribution is -2.39. The van der Waals surface area contributed by atoms with Crippen LogP contribution in [0.1, 0.15) is 18.2 Å². The van der Waals surface area contributed by atoms with Crippen molar-refractivity contribution in [3.05, 3.63) is 53.2 Å². The summed E-state index contributed by atoms with van der Waals surface area (Å²) in [4.78, 5) is 16.2. The first-order valence-electron chi connectivity index (χ1n) is 8.47. The van der Waals surface area contributed by atoms with Crippen LogP contribution >= 0.6 is 11.6 Å². The summed E-state index contributed by atoms with van der Waals surface area (Å²) in [7, 11) is 0. The summed E-state index contributed by atoms with van der Waals surface area (Å²) < 4.78 is 41.9. The molecule has 0 radical (unpaired) electrons. The van der Waals surface area contributed by atoms with Gasteiger partial charge in [-0.3, -0.25) is 10.00 Å². The summed E-state index contributed by atoms with van der Waals surface area (Å²) in [5, 5.41) is 13.5. The van der Waals surface area contributed by atoms with Crippen molar-refractivity contribution < 1.29 is 18.0 Å². The number of halogens is 4. The fourth-order valence-electron chi connectivity index (χ4n) is 2.65. The lowest BCUT2D eigenvalue weighted by molar-refractivity contribution is -0.137. The predicted molar refractivity (Wildman–Crippen MR) is 100.0 cm³/mol. The first-order valence-corrected chi connectivity index (χ1v) is 8.85. The van der Waals surface area contributed by atoms with Crippen LogP contribution in [0.3, 0.4) is 0 Å². The monoisotopic (exact) mass is 427 g/mol. The Kier molecular flexibility index (Phi) is 5.78. The highest BCUT2D eigenvalue weighted by atomic mass is 35.5. The lowest BCUT2D eigenvalue weighted by atomic mass is 10.2. The molecule has 0 saturated heterocycles. The van der Waals surface area contributed by atoms with E-state index in [2.05, 4.69) is 25.8 Å². The third kappa shape index (κ3) is 5.05. The van der Waals surface area contributed by atoms with Crippen molar-refractivity contribution in [1.82, 2.24) is 29.9 Å². The molecule has 2 heterocycles. The minimum atomic E-state index is -4.54. The maximum atomic E-state index is 13.1. The van der Waals surface area contributed by atoms with E-state index in [4.69, 9.17) is 11.6 Å². The van der Waals surface area contributed by atoms with Gasteiger partial charge >= 0.3 is 12.2 Å². The second-order valence-corrected chi connectivity index (χ2v) is 6.77. The van der Waals surface area contributed by atoms with Gasteiger partial charge in [-0.25, -0.2) is 14.5 Å². The summed E-state index contributed by atoms with van der Waals surface area (Å²) >= 11 is 6.09. The third-order valence-corrected chi connectivity index (χ3v) is 4.20. The number of hydrogen-bond acceptors (Lipinski definition) is 4. The summed E-state index contributed by atoms with van der Waals surface area (Å²) in [6.45, 7) is 3.81. The van der Waals surface area contributed by atoms with Crippen LogP contribution in [-0.4, -0.2) is 36.6 Å². The number of carbonyl (C=O) groups is 1. The van der Waals surface area contributed by atoms with E-state index in [1.165, 1.54) is 18.7 Å². The molecule has 12 heteroatoms. The molecule has 154 valence electrons. The van der Waals surface area contributed by atoms with Gasteiger partial charge < -0.3 is 5.32 Å². The molecule has 1 atom stereocenters. The molecular formula is C17H17ClF3N7O. The largest absolute Gasteiger partial charge is 0.416 e. The van der Waals surface area contributed by atoms with Crippen LogP contribution in [0.4, 0.5) is 23.8 Å². The highest BCUT2D eigenvalue weighted by Crippen LogP contribution is 2.34. The highest BCUT2D eigenvalue weighted by Gasteiger charge is 2.31. The quantitative estimate of drug-likeness (QED) is 0.650. The van der Waals surface area contributed by atoms with Crippen LogP contribution in [0.5, 0.6) is 0 Å². The van der Waals surface area contributed by atoms with Crippen LogP contribution in [-0.2, 0) is 12.7 Å². The first kappa shape index (κ1) is 20.6. The molecule has 0 aliphatic heterocycles. The first-order chi connectivity index (χ1) is 13.6. The Bertz CT molecular complexity index is 1000. The predicted octanol–water partition coefficient (Wildman–Crippen LogP) is 3.65. The number of alkyl halides is 3. The molecule has 8 nitrogen and oxygen atoms in total. The van der Waals surface area contributed by atoms with Crippen molar-refractivity contribution in [2.45, 2.75) is 32.6 Å². The van der Waals surface area contributed by atoms with Crippen molar-refractivity contribution in [3.8, 4) is 5.69 Å². The second kappa shape index (κ2) is 8.11. The SMILES string of the molecule is Cc1cc(NC(=O)N[C@@H](C)Cn2cncn2)n(-c2cc(C(F)(F)F)ccc2Cl)n1. The van der Waals surface area contributed by atoms with Crippen LogP contribution in [0.15, 0.2) is 36.9 Å². The summed E-state index contributed by atoms with van der Waals surface area (Å²) in [5.74, 6) is 0.175. The van der Waals surface area contributed by atoms with E-state index < -0.39 is 17.8 Å². The fraction of sp³-hybridized carbons (Fsp3) is 0.294. The molecular weight excluding hydrogens is 411 g/mol. The van der Waals surface area contributed by atoms with Crippen LogP contribution in [0.25, 0.3) is 5.69 Å². The molecule has 3 rings (SSSR count). The van der Waals surface area contributed by atoms with E-state index in [1.807, 2.05) is 0 Å². The Morgan fingerprint density at radius 2 is 2.07 bits per heavy atom. The number of aromatic nitrogens is 5. The number of benzene rings is 1. The number of hydrogen-bond donors (Lipinski definition) is 2. The average molecular weight is 428 g/mol. The fourth-order valence-corrected chi connectivity index (χ4v) is 2.85. The molecule has 0 aliphatic rings. The van der Waals surface area contributed by atoms with Gasteiger partial charge in [-0.15, -0.1) is 0 Å². The van der Waals surface area contributed by atoms with Gasteiger partial charge in [-0.2, -0.15) is 23.4 Å². The van der Waals surface area contributed by atoms with Gasteiger partial charge in [0.15, 0.2) is 0 Å². The zero-order valence-corrected chi connectivity index (χ0v) is 16.2. The minimum Gasteiger partial charge on any atom is -0.334 e. The number of aryl methyl sites for hydroxylation is 1. The Morgan fingerprint density at radius 1 is 1.31 bits per heavy atom. The number of nitrogens with one attached hydrogen (secondary N) is 2. The van der Waals surface area contributed by atoms with Crippen LogP contribution in [0.2, 0.25) is 5.02 Å². The number of anilines is 1. The third-order valence-electron chi connectivity index (χ3n) is 3.88. The summed E-state index contributed by atoms with van der Waals surface area (Å²) in [6.07, 6.45) is -1.64. The lowest BCUT2D eigenvalue weighted by Gasteiger charge is -2.16. The van der Waals surface area contributed by atoms with Gasteiger partial charge in [0.1, 0.15) is 18.5 Å². The van der Waals surface area contributed by atoms with Gasteiger partial charge in [-0.05, 0) is 32.0 Å². The molecule has 0 spiro atoms. The second-order valence-electron chi connectivity index (χ2n) is 6.36. The highest BCUT2D eigenvalue weighted by molar-refractivity contribution is 6.32. The summed E-state index contributed by atoms with van der Waals surface area (Å²) in [5.41, 5.74) is -0.382. The Labute approximate surface area is 168 Å². The zero-order valence-electron chi connectivity index (χ0n) is 15.4. The van der Waals surface area contributed by atoms with E-state index in [0.717, 1.165) is 22.9 Å². The Balaban J connectivity index is 1.80. The van der Waals surface area contributed by atoms with E-state index in [-0.39, 0.29) is 22.6 Å². The Hall–Kier alpha value is -3.08. The molecule has 29 heavy (non-hydrogen) atoms. The van der Waals surface area contributed by atoms with Crippen molar-refractivity contribution in [3.63, 3.8) is 0 Å². The number of amides is 2. The standard InChI is InChI=1S/C17H17ClF3N7O/c1-10-5-15(25-16(29)24-11(2)7-27-9-22-8-23-27)28(26-10)14-6-12(17(19,20)21)3-4-13(14)18/h3-6,8-9,11H,7H2,1-2H3,(H2,24,25,29)/t11-/m0/s1. The Morgan fingerprint density at radius 3 is 2.72 bits per heavy atom. The smallest absolute Gasteiger partial charge is 0.334 e. The zero-order chi connectivity index (χ0) is 21.2. The van der Waals surface area contributed by atoms with E-state index in [1.54, 1.807) is 18.5 Å². The molecule has 0 fully saturated rings. The molecule has 0 bridgehead atoms. The maximum absolute atomic E-state index is 13.1. The molecule has 3 aromatic rings. The normalized spacial score (nSPS) is 12.6. The maximum Gasteiger partial charge on any atom is 0.416 e.